The Morgan fingerprint density at radius 1 is 1.62 bits per heavy atom. The SMILES string of the molecule is Cc1ccncc1C1OCCCC1C(=O)O. The van der Waals surface area contributed by atoms with Crippen LogP contribution in [0.2, 0.25) is 0 Å². The number of aryl methyl sites for hydroxylation is 1. The Morgan fingerprint density at radius 2 is 2.44 bits per heavy atom. The van der Waals surface area contributed by atoms with Crippen molar-refractivity contribution in [1.82, 2.24) is 4.98 Å². The summed E-state index contributed by atoms with van der Waals surface area (Å²) in [7, 11) is 0. The molecule has 1 aliphatic heterocycles. The van der Waals surface area contributed by atoms with E-state index in [0.29, 0.717) is 13.0 Å². The monoisotopic (exact) mass is 221 g/mol. The molecule has 0 aromatic carbocycles. The van der Waals surface area contributed by atoms with Gasteiger partial charge in [0.15, 0.2) is 0 Å². The summed E-state index contributed by atoms with van der Waals surface area (Å²) < 4.78 is 5.60. The Labute approximate surface area is 94.3 Å². The van der Waals surface area contributed by atoms with Crippen LogP contribution in [-0.2, 0) is 9.53 Å². The van der Waals surface area contributed by atoms with Crippen LogP contribution >= 0.6 is 0 Å². The number of ether oxygens (including phenoxy) is 1. The molecule has 0 spiro atoms. The van der Waals surface area contributed by atoms with Crippen molar-refractivity contribution in [2.75, 3.05) is 6.61 Å². The molecule has 86 valence electrons. The smallest absolute Gasteiger partial charge is 0.309 e. The summed E-state index contributed by atoms with van der Waals surface area (Å²) in [5.41, 5.74) is 1.93. The van der Waals surface area contributed by atoms with Gasteiger partial charge in [-0.15, -0.1) is 0 Å². The fourth-order valence-corrected chi connectivity index (χ4v) is 2.11. The van der Waals surface area contributed by atoms with Crippen LogP contribution in [0.5, 0.6) is 0 Å². The highest BCUT2D eigenvalue weighted by molar-refractivity contribution is 5.71. The number of carboxylic acids is 1. The fraction of sp³-hybridized carbons (Fsp3) is 0.500. The van der Waals surface area contributed by atoms with E-state index in [9.17, 15) is 4.79 Å². The Morgan fingerprint density at radius 3 is 3.12 bits per heavy atom. The third-order valence-corrected chi connectivity index (χ3v) is 3.03. The van der Waals surface area contributed by atoms with Gasteiger partial charge in [0.1, 0.15) is 0 Å². The maximum Gasteiger partial charge on any atom is 0.309 e. The van der Waals surface area contributed by atoms with Gasteiger partial charge >= 0.3 is 5.97 Å². The number of carbonyl (C=O) groups is 1. The number of aliphatic carboxylic acids is 1. The molecule has 0 aliphatic carbocycles. The van der Waals surface area contributed by atoms with Gasteiger partial charge in [-0.1, -0.05) is 0 Å². The standard InChI is InChI=1S/C12H15NO3/c1-8-4-5-13-7-10(8)11-9(12(14)15)3-2-6-16-11/h4-5,7,9,11H,2-3,6H2,1H3,(H,14,15). The van der Waals surface area contributed by atoms with Crippen LogP contribution in [0.25, 0.3) is 0 Å². The lowest BCUT2D eigenvalue weighted by molar-refractivity contribution is -0.151. The van der Waals surface area contributed by atoms with Gasteiger partial charge in [0, 0.05) is 24.6 Å². The number of hydrogen-bond acceptors (Lipinski definition) is 3. The second-order valence-corrected chi connectivity index (χ2v) is 4.11. The third-order valence-electron chi connectivity index (χ3n) is 3.03. The van der Waals surface area contributed by atoms with Crippen molar-refractivity contribution in [1.29, 1.82) is 0 Å². The van der Waals surface area contributed by atoms with E-state index in [1.807, 2.05) is 13.0 Å². The molecule has 4 heteroatoms. The average molecular weight is 221 g/mol. The van der Waals surface area contributed by atoms with Gasteiger partial charge in [-0.2, -0.15) is 0 Å². The Kier molecular flexibility index (Phi) is 3.19. The largest absolute Gasteiger partial charge is 0.481 e. The van der Waals surface area contributed by atoms with Gasteiger partial charge in [0.2, 0.25) is 0 Å². The van der Waals surface area contributed by atoms with Crippen LogP contribution in [-0.4, -0.2) is 22.7 Å². The molecule has 1 fully saturated rings. The topological polar surface area (TPSA) is 59.4 Å². The highest BCUT2D eigenvalue weighted by atomic mass is 16.5. The van der Waals surface area contributed by atoms with Gasteiger partial charge < -0.3 is 9.84 Å². The van der Waals surface area contributed by atoms with Gasteiger partial charge in [-0.25, -0.2) is 0 Å². The Hall–Kier alpha value is -1.42. The van der Waals surface area contributed by atoms with E-state index in [1.165, 1.54) is 0 Å². The highest BCUT2D eigenvalue weighted by Gasteiger charge is 2.33. The van der Waals surface area contributed by atoms with Crippen LogP contribution in [0.1, 0.15) is 30.1 Å². The van der Waals surface area contributed by atoms with Crippen LogP contribution in [0.4, 0.5) is 0 Å². The molecule has 2 unspecified atom stereocenters. The minimum absolute atomic E-state index is 0.347. The number of aromatic nitrogens is 1. The predicted molar refractivity (Wildman–Crippen MR) is 58.0 cm³/mol. The van der Waals surface area contributed by atoms with Gasteiger partial charge in [0.05, 0.1) is 12.0 Å². The summed E-state index contributed by atoms with van der Waals surface area (Å²) >= 11 is 0. The minimum atomic E-state index is -0.784. The van der Waals surface area contributed by atoms with Gasteiger partial charge in [-0.3, -0.25) is 9.78 Å². The molecule has 1 aromatic rings. The van der Waals surface area contributed by atoms with Gasteiger partial charge in [0.25, 0.3) is 0 Å². The molecule has 0 radical (unpaired) electrons. The molecule has 4 nitrogen and oxygen atoms in total. The maximum atomic E-state index is 11.1. The molecule has 0 saturated carbocycles. The summed E-state index contributed by atoms with van der Waals surface area (Å²) in [5.74, 6) is -1.23. The molecular weight excluding hydrogens is 206 g/mol. The quantitative estimate of drug-likeness (QED) is 0.829. The summed E-state index contributed by atoms with van der Waals surface area (Å²) in [5, 5.41) is 9.16. The van der Waals surface area contributed by atoms with Crippen molar-refractivity contribution in [3.8, 4) is 0 Å². The van der Waals surface area contributed by atoms with Crippen molar-refractivity contribution in [2.45, 2.75) is 25.9 Å². The van der Waals surface area contributed by atoms with E-state index in [1.54, 1.807) is 12.4 Å². The molecule has 2 heterocycles. The lowest BCUT2D eigenvalue weighted by atomic mass is 9.88. The Bertz CT molecular complexity index is 392. The maximum absolute atomic E-state index is 11.1. The van der Waals surface area contributed by atoms with E-state index in [2.05, 4.69) is 4.98 Å². The number of pyridine rings is 1. The molecule has 1 aromatic heterocycles. The summed E-state index contributed by atoms with van der Waals surface area (Å²) in [6.07, 6.45) is 4.56. The number of hydrogen-bond donors (Lipinski definition) is 1. The van der Waals surface area contributed by atoms with E-state index in [-0.39, 0.29) is 6.10 Å². The Balaban J connectivity index is 2.30. The van der Waals surface area contributed by atoms with E-state index in [4.69, 9.17) is 9.84 Å². The first kappa shape index (κ1) is 11.1. The first-order chi connectivity index (χ1) is 7.70. The van der Waals surface area contributed by atoms with Crippen LogP contribution in [0, 0.1) is 12.8 Å². The second-order valence-electron chi connectivity index (χ2n) is 4.11. The van der Waals surface area contributed by atoms with Crippen molar-refractivity contribution < 1.29 is 14.6 Å². The average Bonchev–Trinajstić information content (AvgIpc) is 2.29. The molecule has 0 amide bonds. The van der Waals surface area contributed by atoms with E-state index in [0.717, 1.165) is 17.5 Å². The number of rotatable bonds is 2. The number of nitrogens with zero attached hydrogens (tertiary/aromatic N) is 1. The van der Waals surface area contributed by atoms with Crippen LogP contribution in [0.3, 0.4) is 0 Å². The third kappa shape index (κ3) is 2.07. The lowest BCUT2D eigenvalue weighted by Gasteiger charge is -2.29. The summed E-state index contributed by atoms with van der Waals surface area (Å²) in [6, 6.07) is 1.88. The summed E-state index contributed by atoms with van der Waals surface area (Å²) in [6.45, 7) is 2.58. The zero-order chi connectivity index (χ0) is 11.5. The van der Waals surface area contributed by atoms with Gasteiger partial charge in [-0.05, 0) is 31.4 Å². The minimum Gasteiger partial charge on any atom is -0.481 e. The molecule has 2 atom stereocenters. The molecule has 1 saturated heterocycles. The van der Waals surface area contributed by atoms with Crippen LogP contribution < -0.4 is 0 Å². The van der Waals surface area contributed by atoms with Crippen molar-refractivity contribution in [3.05, 3.63) is 29.6 Å². The predicted octanol–water partition coefficient (Wildman–Crippen LogP) is 1.94. The fourth-order valence-electron chi connectivity index (χ4n) is 2.11. The molecule has 16 heavy (non-hydrogen) atoms. The zero-order valence-electron chi connectivity index (χ0n) is 9.22. The molecular formula is C12H15NO3. The van der Waals surface area contributed by atoms with Crippen molar-refractivity contribution in [2.24, 2.45) is 5.92 Å². The van der Waals surface area contributed by atoms with E-state index < -0.39 is 11.9 Å². The molecule has 1 N–H and O–H groups in total. The van der Waals surface area contributed by atoms with Crippen molar-refractivity contribution in [3.63, 3.8) is 0 Å². The first-order valence-electron chi connectivity index (χ1n) is 5.45. The normalized spacial score (nSPS) is 25.3. The lowest BCUT2D eigenvalue weighted by Crippen LogP contribution is -2.29. The second kappa shape index (κ2) is 4.61. The molecule has 0 bridgehead atoms. The highest BCUT2D eigenvalue weighted by Crippen LogP contribution is 2.34. The molecule has 2 rings (SSSR count). The first-order valence-corrected chi connectivity index (χ1v) is 5.45. The zero-order valence-corrected chi connectivity index (χ0v) is 9.22. The van der Waals surface area contributed by atoms with Crippen LogP contribution in [0.15, 0.2) is 18.5 Å². The van der Waals surface area contributed by atoms with Crippen molar-refractivity contribution >= 4 is 5.97 Å². The molecule has 1 aliphatic rings. The number of carboxylic acid groups (broad SMARTS) is 1. The summed E-state index contributed by atoms with van der Waals surface area (Å²) in [4.78, 5) is 15.2. The van der Waals surface area contributed by atoms with E-state index >= 15 is 0 Å².